The summed E-state index contributed by atoms with van der Waals surface area (Å²) in [6.45, 7) is -0.0446. The first-order valence-electron chi connectivity index (χ1n) is 5.36. The third-order valence-corrected chi connectivity index (χ3v) is 2.03. The number of carbonyl (C=O) groups excluding carboxylic acids is 1. The Morgan fingerprint density at radius 1 is 1.65 bits per heavy atom. The van der Waals surface area contributed by atoms with Crippen molar-refractivity contribution in [1.29, 1.82) is 0 Å². The maximum atomic E-state index is 11.2. The second kappa shape index (κ2) is 7.38. The van der Waals surface area contributed by atoms with Gasteiger partial charge >= 0.3 is 11.8 Å². The average Bonchev–Trinajstić information content (AvgIpc) is 2.44. The van der Waals surface area contributed by atoms with Gasteiger partial charge in [0.15, 0.2) is 6.61 Å². The van der Waals surface area contributed by atoms with Gasteiger partial charge in [-0.1, -0.05) is 17.1 Å². The van der Waals surface area contributed by atoms with E-state index in [2.05, 4.69) is 21.2 Å². The SMILES string of the molecule is C#CCO/N=C\c1cccc([N+](=O)[O-])c1OC(=O)NC. The molecular weight excluding hydrogens is 266 g/mol. The molecule has 1 aromatic carbocycles. The zero-order valence-corrected chi connectivity index (χ0v) is 10.5. The molecule has 0 bridgehead atoms. The molecular formula is C12H11N3O5. The molecule has 0 atom stereocenters. The molecule has 0 heterocycles. The lowest BCUT2D eigenvalue weighted by Crippen LogP contribution is -2.23. The number of carbonyl (C=O) groups is 1. The molecule has 1 aromatic rings. The minimum absolute atomic E-state index is 0.0446. The Morgan fingerprint density at radius 3 is 3.00 bits per heavy atom. The summed E-state index contributed by atoms with van der Waals surface area (Å²) in [5, 5.41) is 16.6. The molecule has 1 rings (SSSR count). The number of hydrogen-bond acceptors (Lipinski definition) is 6. The van der Waals surface area contributed by atoms with E-state index in [-0.39, 0.29) is 23.6 Å². The Bertz CT molecular complexity index is 577. The summed E-state index contributed by atoms with van der Waals surface area (Å²) < 4.78 is 4.87. The average molecular weight is 277 g/mol. The predicted octanol–water partition coefficient (Wildman–Crippen LogP) is 1.30. The summed E-state index contributed by atoms with van der Waals surface area (Å²) in [5.74, 6) is 1.97. The van der Waals surface area contributed by atoms with Gasteiger partial charge in [0.2, 0.25) is 5.75 Å². The van der Waals surface area contributed by atoms with Crippen molar-refractivity contribution in [3.63, 3.8) is 0 Å². The first-order valence-corrected chi connectivity index (χ1v) is 5.36. The third-order valence-electron chi connectivity index (χ3n) is 2.03. The highest BCUT2D eigenvalue weighted by atomic mass is 16.6. The Balaban J connectivity index is 3.12. The molecule has 1 amide bonds. The van der Waals surface area contributed by atoms with E-state index in [1.165, 1.54) is 31.5 Å². The second-order valence-electron chi connectivity index (χ2n) is 3.30. The largest absolute Gasteiger partial charge is 0.412 e. The van der Waals surface area contributed by atoms with E-state index in [0.717, 1.165) is 0 Å². The molecule has 0 fully saturated rings. The van der Waals surface area contributed by atoms with Crippen LogP contribution in [0.4, 0.5) is 10.5 Å². The second-order valence-corrected chi connectivity index (χ2v) is 3.30. The molecule has 0 aliphatic rings. The van der Waals surface area contributed by atoms with Gasteiger partial charge in [-0.05, 0) is 6.07 Å². The number of rotatable bonds is 5. The Kier molecular flexibility index (Phi) is 5.52. The van der Waals surface area contributed by atoms with Crippen molar-refractivity contribution in [3.8, 4) is 18.1 Å². The number of para-hydroxylation sites is 1. The van der Waals surface area contributed by atoms with Crippen molar-refractivity contribution in [2.45, 2.75) is 0 Å². The van der Waals surface area contributed by atoms with Crippen LogP contribution < -0.4 is 10.1 Å². The van der Waals surface area contributed by atoms with E-state index in [1.807, 2.05) is 0 Å². The van der Waals surface area contributed by atoms with Crippen LogP contribution in [-0.2, 0) is 4.84 Å². The van der Waals surface area contributed by atoms with E-state index in [0.29, 0.717) is 0 Å². The number of nitro benzene ring substituents is 1. The van der Waals surface area contributed by atoms with Crippen LogP contribution in [0, 0.1) is 22.5 Å². The van der Waals surface area contributed by atoms with E-state index in [9.17, 15) is 14.9 Å². The fourth-order valence-electron chi connectivity index (χ4n) is 1.21. The zero-order chi connectivity index (χ0) is 15.0. The van der Waals surface area contributed by atoms with Gasteiger partial charge in [-0.3, -0.25) is 10.1 Å². The lowest BCUT2D eigenvalue weighted by atomic mass is 10.2. The first kappa shape index (κ1) is 15.0. The van der Waals surface area contributed by atoms with Gasteiger partial charge in [-0.15, -0.1) is 6.42 Å². The van der Waals surface area contributed by atoms with Crippen molar-refractivity contribution in [2.75, 3.05) is 13.7 Å². The van der Waals surface area contributed by atoms with Crippen molar-refractivity contribution in [1.82, 2.24) is 5.32 Å². The molecule has 20 heavy (non-hydrogen) atoms. The van der Waals surface area contributed by atoms with Crippen molar-refractivity contribution >= 4 is 18.0 Å². The van der Waals surface area contributed by atoms with Crippen LogP contribution in [0.3, 0.4) is 0 Å². The molecule has 0 unspecified atom stereocenters. The molecule has 8 heteroatoms. The van der Waals surface area contributed by atoms with Crippen molar-refractivity contribution < 1.29 is 19.3 Å². The minimum Gasteiger partial charge on any atom is -0.402 e. The lowest BCUT2D eigenvalue weighted by Gasteiger charge is -2.06. The van der Waals surface area contributed by atoms with E-state index in [1.54, 1.807) is 0 Å². The maximum Gasteiger partial charge on any atom is 0.412 e. The van der Waals surface area contributed by atoms with Crippen LogP contribution in [-0.4, -0.2) is 30.9 Å². The van der Waals surface area contributed by atoms with Crippen molar-refractivity contribution in [3.05, 3.63) is 33.9 Å². The summed E-state index contributed by atoms with van der Waals surface area (Å²) in [7, 11) is 1.33. The highest BCUT2D eigenvalue weighted by Crippen LogP contribution is 2.30. The number of terminal acetylenes is 1. The molecule has 104 valence electrons. The predicted molar refractivity (Wildman–Crippen MR) is 70.6 cm³/mol. The van der Waals surface area contributed by atoms with Gasteiger partial charge in [-0.2, -0.15) is 0 Å². The normalized spacial score (nSPS) is 9.80. The summed E-state index contributed by atoms with van der Waals surface area (Å²) in [6.07, 6.45) is 5.30. The quantitative estimate of drug-likeness (QED) is 0.287. The number of nitrogens with zero attached hydrogens (tertiary/aromatic N) is 2. The molecule has 0 aliphatic heterocycles. The van der Waals surface area contributed by atoms with Gasteiger partial charge in [-0.25, -0.2) is 4.79 Å². The van der Waals surface area contributed by atoms with Gasteiger partial charge in [0.1, 0.15) is 0 Å². The summed E-state index contributed by atoms with van der Waals surface area (Å²) in [5.41, 5.74) is -0.158. The Morgan fingerprint density at radius 2 is 2.40 bits per heavy atom. The summed E-state index contributed by atoms with van der Waals surface area (Å²) in [6, 6.07) is 4.11. The number of benzene rings is 1. The number of oxime groups is 1. The first-order chi connectivity index (χ1) is 9.60. The van der Waals surface area contributed by atoms with Gasteiger partial charge in [0, 0.05) is 18.7 Å². The van der Waals surface area contributed by atoms with Crippen LogP contribution in [0.15, 0.2) is 23.4 Å². The Labute approximate surface area is 114 Å². The standard InChI is InChI=1S/C12H11N3O5/c1-3-7-19-14-8-9-5-4-6-10(15(17)18)11(9)20-12(16)13-2/h1,4-6,8H,7H2,2H3,(H,13,16)/b14-8-. The topological polar surface area (TPSA) is 103 Å². The highest BCUT2D eigenvalue weighted by Gasteiger charge is 2.20. The summed E-state index contributed by atoms with van der Waals surface area (Å²) in [4.78, 5) is 26.2. The molecule has 0 radical (unpaired) electrons. The fraction of sp³-hybridized carbons (Fsp3) is 0.167. The molecule has 0 saturated heterocycles. The fourth-order valence-corrected chi connectivity index (χ4v) is 1.21. The van der Waals surface area contributed by atoms with Crippen LogP contribution in [0.1, 0.15) is 5.56 Å². The van der Waals surface area contributed by atoms with Gasteiger partial charge < -0.3 is 14.9 Å². The monoisotopic (exact) mass is 277 g/mol. The maximum absolute atomic E-state index is 11.2. The third kappa shape index (κ3) is 3.99. The van der Waals surface area contributed by atoms with Crippen LogP contribution >= 0.6 is 0 Å². The zero-order valence-electron chi connectivity index (χ0n) is 10.5. The number of nitro groups is 1. The Hall–Kier alpha value is -3.08. The van der Waals surface area contributed by atoms with Crippen LogP contribution in [0.5, 0.6) is 5.75 Å². The van der Waals surface area contributed by atoms with E-state index in [4.69, 9.17) is 11.2 Å². The highest BCUT2D eigenvalue weighted by molar-refractivity contribution is 5.87. The minimum atomic E-state index is -0.835. The number of ether oxygens (including phenoxy) is 1. The van der Waals surface area contributed by atoms with Gasteiger partial charge in [0.05, 0.1) is 11.1 Å². The smallest absolute Gasteiger partial charge is 0.402 e. The van der Waals surface area contributed by atoms with E-state index < -0.39 is 11.0 Å². The van der Waals surface area contributed by atoms with Crippen molar-refractivity contribution in [2.24, 2.45) is 5.16 Å². The van der Waals surface area contributed by atoms with E-state index >= 15 is 0 Å². The molecule has 0 saturated carbocycles. The number of amides is 1. The van der Waals surface area contributed by atoms with Crippen LogP contribution in [0.25, 0.3) is 0 Å². The number of hydrogen-bond donors (Lipinski definition) is 1. The van der Waals surface area contributed by atoms with Gasteiger partial charge in [0.25, 0.3) is 0 Å². The number of nitrogens with one attached hydrogen (secondary N) is 1. The molecule has 8 nitrogen and oxygen atoms in total. The molecule has 0 spiro atoms. The molecule has 0 aliphatic carbocycles. The molecule has 0 aromatic heterocycles. The summed E-state index contributed by atoms with van der Waals surface area (Å²) >= 11 is 0. The lowest BCUT2D eigenvalue weighted by molar-refractivity contribution is -0.385. The molecule has 1 N–H and O–H groups in total. The van der Waals surface area contributed by atoms with Crippen LogP contribution in [0.2, 0.25) is 0 Å².